The topological polar surface area (TPSA) is 27.6 Å². The van der Waals surface area contributed by atoms with Crippen LogP contribution < -0.4 is 5.32 Å². The van der Waals surface area contributed by atoms with Crippen molar-refractivity contribution in [1.29, 1.82) is 0 Å². The molecule has 1 N–H and O–H groups in total. The van der Waals surface area contributed by atoms with Gasteiger partial charge in [0.1, 0.15) is 0 Å². The van der Waals surface area contributed by atoms with Crippen molar-refractivity contribution in [2.45, 2.75) is 20.8 Å². The summed E-state index contributed by atoms with van der Waals surface area (Å²) in [5, 5.41) is 4.70. The molecule has 5 heteroatoms. The van der Waals surface area contributed by atoms with Gasteiger partial charge in [-0.3, -0.25) is 0 Å². The number of nitrogens with one attached hydrogen (secondary N) is 1. The molecule has 0 amide bonds. The van der Waals surface area contributed by atoms with Crippen molar-refractivity contribution in [3.63, 3.8) is 0 Å². The maximum absolute atomic E-state index is 6.37. The molecule has 2 aromatic carbocycles. The van der Waals surface area contributed by atoms with Gasteiger partial charge in [-0.1, -0.05) is 29.3 Å². The van der Waals surface area contributed by atoms with Gasteiger partial charge in [0.25, 0.3) is 0 Å². The Bertz CT molecular complexity index is 726. The molecular formula is C18H21Cl2N3. The Kier molecular flexibility index (Phi) is 5.91. The lowest BCUT2D eigenvalue weighted by molar-refractivity contribution is 0.552. The Balaban J connectivity index is 2.29. The second-order valence-corrected chi connectivity index (χ2v) is 6.36. The van der Waals surface area contributed by atoms with E-state index in [1.807, 2.05) is 56.1 Å². The molecule has 0 bridgehead atoms. The molecule has 122 valence electrons. The summed E-state index contributed by atoms with van der Waals surface area (Å²) in [6, 6.07) is 9.65. The zero-order chi connectivity index (χ0) is 17.0. The van der Waals surface area contributed by atoms with E-state index in [-0.39, 0.29) is 0 Å². The fourth-order valence-corrected chi connectivity index (χ4v) is 2.40. The van der Waals surface area contributed by atoms with E-state index in [9.17, 15) is 0 Å². The summed E-state index contributed by atoms with van der Waals surface area (Å²) in [5.74, 6) is 0. The molecule has 0 heterocycles. The monoisotopic (exact) mass is 349 g/mol. The van der Waals surface area contributed by atoms with Crippen molar-refractivity contribution >= 4 is 46.6 Å². The van der Waals surface area contributed by atoms with E-state index >= 15 is 0 Å². The van der Waals surface area contributed by atoms with Crippen LogP contribution in [0.5, 0.6) is 0 Å². The second-order valence-electron chi connectivity index (χ2n) is 5.52. The molecule has 0 unspecified atom stereocenters. The Morgan fingerprint density at radius 2 is 1.78 bits per heavy atom. The minimum Gasteiger partial charge on any atom is -0.366 e. The first-order chi connectivity index (χ1) is 10.9. The van der Waals surface area contributed by atoms with Crippen molar-refractivity contribution in [2.24, 2.45) is 4.99 Å². The molecule has 0 aliphatic carbocycles. The van der Waals surface area contributed by atoms with Gasteiger partial charge < -0.3 is 10.2 Å². The van der Waals surface area contributed by atoms with Crippen LogP contribution in [0.15, 0.2) is 35.3 Å². The number of anilines is 2. The standard InChI is InChI=1S/C18H21Cl2N3/c1-5-23(4)11-21-18-8-13(3)17(10-15(18)20)22-16-9-14(19)7-6-12(16)2/h6-11,22H,5H2,1-4H3. The number of aliphatic imine (C=N–C) groups is 1. The highest BCUT2D eigenvalue weighted by Crippen LogP contribution is 2.33. The average molecular weight is 350 g/mol. The molecule has 0 atom stereocenters. The zero-order valence-corrected chi connectivity index (χ0v) is 15.3. The summed E-state index contributed by atoms with van der Waals surface area (Å²) >= 11 is 12.4. The first-order valence-corrected chi connectivity index (χ1v) is 8.24. The van der Waals surface area contributed by atoms with Gasteiger partial charge in [0.2, 0.25) is 0 Å². The summed E-state index contributed by atoms with van der Waals surface area (Å²) in [6.45, 7) is 7.03. The number of benzene rings is 2. The van der Waals surface area contributed by atoms with E-state index in [4.69, 9.17) is 23.2 Å². The summed E-state index contributed by atoms with van der Waals surface area (Å²) in [6.07, 6.45) is 1.79. The van der Waals surface area contributed by atoms with Crippen molar-refractivity contribution in [3.8, 4) is 0 Å². The first-order valence-electron chi connectivity index (χ1n) is 7.48. The van der Waals surface area contributed by atoms with Crippen LogP contribution in [-0.2, 0) is 0 Å². The number of halogens is 2. The predicted molar refractivity (Wildman–Crippen MR) is 102 cm³/mol. The van der Waals surface area contributed by atoms with Crippen LogP contribution in [0.3, 0.4) is 0 Å². The molecule has 0 saturated heterocycles. The number of hydrogen-bond donors (Lipinski definition) is 1. The highest BCUT2D eigenvalue weighted by molar-refractivity contribution is 6.33. The normalized spacial score (nSPS) is 11.0. The minimum atomic E-state index is 0.610. The Morgan fingerprint density at radius 3 is 2.48 bits per heavy atom. The third-order valence-corrected chi connectivity index (χ3v) is 4.19. The lowest BCUT2D eigenvalue weighted by atomic mass is 10.1. The van der Waals surface area contributed by atoms with Crippen molar-refractivity contribution in [3.05, 3.63) is 51.5 Å². The van der Waals surface area contributed by atoms with E-state index in [1.165, 1.54) is 0 Å². The van der Waals surface area contributed by atoms with E-state index in [0.717, 1.165) is 34.7 Å². The molecule has 3 nitrogen and oxygen atoms in total. The third-order valence-electron chi connectivity index (χ3n) is 3.66. The lowest BCUT2D eigenvalue weighted by Crippen LogP contribution is -2.14. The van der Waals surface area contributed by atoms with Crippen molar-refractivity contribution in [2.75, 3.05) is 18.9 Å². The fourth-order valence-electron chi connectivity index (χ4n) is 2.02. The van der Waals surface area contributed by atoms with Gasteiger partial charge in [0.15, 0.2) is 0 Å². The summed E-state index contributed by atoms with van der Waals surface area (Å²) in [5.41, 5.74) is 4.87. The van der Waals surface area contributed by atoms with Gasteiger partial charge in [-0.25, -0.2) is 4.99 Å². The van der Waals surface area contributed by atoms with E-state index in [1.54, 1.807) is 6.34 Å². The predicted octanol–water partition coefficient (Wildman–Crippen LogP) is 5.97. The zero-order valence-electron chi connectivity index (χ0n) is 13.8. The van der Waals surface area contributed by atoms with Crippen molar-refractivity contribution < 1.29 is 0 Å². The van der Waals surface area contributed by atoms with Crippen LogP contribution in [0.25, 0.3) is 0 Å². The van der Waals surface area contributed by atoms with Gasteiger partial charge in [0.05, 0.1) is 17.0 Å². The molecule has 0 radical (unpaired) electrons. The molecule has 2 rings (SSSR count). The lowest BCUT2D eigenvalue weighted by Gasteiger charge is -2.14. The Labute approximate surface area is 147 Å². The average Bonchev–Trinajstić information content (AvgIpc) is 2.52. The Hall–Kier alpha value is -1.71. The van der Waals surface area contributed by atoms with Crippen molar-refractivity contribution in [1.82, 2.24) is 4.90 Å². The highest BCUT2D eigenvalue weighted by Gasteiger charge is 2.07. The Morgan fingerprint density at radius 1 is 1.09 bits per heavy atom. The number of nitrogens with zero attached hydrogens (tertiary/aromatic N) is 2. The summed E-state index contributed by atoms with van der Waals surface area (Å²) in [4.78, 5) is 6.43. The van der Waals surface area contributed by atoms with Crippen LogP contribution in [0.1, 0.15) is 18.1 Å². The number of hydrogen-bond acceptors (Lipinski definition) is 2. The minimum absolute atomic E-state index is 0.610. The number of aryl methyl sites for hydroxylation is 2. The molecule has 0 aliphatic heterocycles. The van der Waals surface area contributed by atoms with Crippen LogP contribution >= 0.6 is 23.2 Å². The van der Waals surface area contributed by atoms with Crippen LogP contribution in [0, 0.1) is 13.8 Å². The molecule has 2 aromatic rings. The van der Waals surface area contributed by atoms with E-state index in [0.29, 0.717) is 10.0 Å². The molecule has 0 spiro atoms. The van der Waals surface area contributed by atoms with Gasteiger partial charge in [0, 0.05) is 30.0 Å². The quantitative estimate of drug-likeness (QED) is 0.532. The fraction of sp³-hybridized carbons (Fsp3) is 0.278. The van der Waals surface area contributed by atoms with Crippen LogP contribution in [0.4, 0.5) is 17.1 Å². The summed E-state index contributed by atoms with van der Waals surface area (Å²) in [7, 11) is 1.97. The highest BCUT2D eigenvalue weighted by atomic mass is 35.5. The molecule has 0 saturated carbocycles. The van der Waals surface area contributed by atoms with Gasteiger partial charge >= 0.3 is 0 Å². The molecule has 23 heavy (non-hydrogen) atoms. The molecular weight excluding hydrogens is 329 g/mol. The van der Waals surface area contributed by atoms with E-state index in [2.05, 4.69) is 17.2 Å². The third kappa shape index (κ3) is 4.63. The SMILES string of the molecule is CCN(C)C=Nc1cc(C)c(Nc2cc(Cl)ccc2C)cc1Cl. The second kappa shape index (κ2) is 7.71. The van der Waals surface area contributed by atoms with Gasteiger partial charge in [-0.05, 0) is 56.2 Å². The maximum atomic E-state index is 6.37. The van der Waals surface area contributed by atoms with Crippen LogP contribution in [0.2, 0.25) is 10.0 Å². The van der Waals surface area contributed by atoms with Gasteiger partial charge in [-0.2, -0.15) is 0 Å². The molecule has 0 fully saturated rings. The molecule has 0 aromatic heterocycles. The van der Waals surface area contributed by atoms with E-state index < -0.39 is 0 Å². The van der Waals surface area contributed by atoms with Gasteiger partial charge in [-0.15, -0.1) is 0 Å². The summed E-state index contributed by atoms with van der Waals surface area (Å²) < 4.78 is 0. The maximum Gasteiger partial charge on any atom is 0.0910 e. The first kappa shape index (κ1) is 17.6. The van der Waals surface area contributed by atoms with Crippen LogP contribution in [-0.4, -0.2) is 24.8 Å². The largest absolute Gasteiger partial charge is 0.366 e. The molecule has 0 aliphatic rings. The number of rotatable bonds is 5. The smallest absolute Gasteiger partial charge is 0.0910 e.